The molecular formula is C15H23N5OS. The van der Waals surface area contributed by atoms with E-state index in [0.29, 0.717) is 6.61 Å². The molecule has 120 valence electrons. The lowest BCUT2D eigenvalue weighted by atomic mass is 9.94. The minimum absolute atomic E-state index is 0.124. The molecule has 3 rings (SSSR count). The molecule has 22 heavy (non-hydrogen) atoms. The molecule has 3 heterocycles. The average Bonchev–Trinajstić information content (AvgIpc) is 3.08. The molecule has 1 atom stereocenters. The maximum Gasteiger partial charge on any atom is 0.143 e. The molecule has 1 unspecified atom stereocenters. The van der Waals surface area contributed by atoms with Gasteiger partial charge in [0.25, 0.3) is 0 Å². The molecule has 2 aromatic heterocycles. The van der Waals surface area contributed by atoms with Crippen molar-refractivity contribution in [3.63, 3.8) is 0 Å². The summed E-state index contributed by atoms with van der Waals surface area (Å²) >= 11 is 1.82. The number of aromatic nitrogens is 4. The number of thiazole rings is 1. The molecule has 1 saturated heterocycles. The van der Waals surface area contributed by atoms with Gasteiger partial charge in [0.15, 0.2) is 0 Å². The van der Waals surface area contributed by atoms with E-state index in [1.54, 1.807) is 6.33 Å². The van der Waals surface area contributed by atoms with E-state index in [1.165, 1.54) is 4.88 Å². The number of ether oxygens (including phenoxy) is 1. The van der Waals surface area contributed by atoms with E-state index >= 15 is 0 Å². The third-order valence-corrected chi connectivity index (χ3v) is 5.42. The molecule has 0 aliphatic carbocycles. The van der Waals surface area contributed by atoms with Gasteiger partial charge in [-0.3, -0.25) is 10.00 Å². The third-order valence-electron chi connectivity index (χ3n) is 3.85. The van der Waals surface area contributed by atoms with Crippen molar-refractivity contribution in [2.45, 2.75) is 45.7 Å². The first kappa shape index (κ1) is 15.6. The van der Waals surface area contributed by atoms with Crippen molar-refractivity contribution < 1.29 is 4.74 Å². The normalized spacial score (nSPS) is 20.5. The molecule has 1 N–H and O–H groups in total. The van der Waals surface area contributed by atoms with E-state index in [9.17, 15) is 0 Å². The highest BCUT2D eigenvalue weighted by Gasteiger charge is 2.28. The summed E-state index contributed by atoms with van der Waals surface area (Å²) in [6, 6.07) is 0.124. The van der Waals surface area contributed by atoms with Crippen molar-refractivity contribution in [1.29, 1.82) is 0 Å². The molecule has 1 aliphatic rings. The Kier molecular flexibility index (Phi) is 4.29. The first-order valence-corrected chi connectivity index (χ1v) is 8.40. The Balaban J connectivity index is 1.79. The minimum Gasteiger partial charge on any atom is -0.378 e. The Labute approximate surface area is 134 Å². The number of aryl methyl sites for hydroxylation is 1. The molecule has 2 aromatic rings. The van der Waals surface area contributed by atoms with Crippen LogP contribution in [-0.4, -0.2) is 44.8 Å². The molecule has 0 aromatic carbocycles. The Morgan fingerprint density at radius 1 is 1.45 bits per heavy atom. The zero-order chi connectivity index (χ0) is 15.7. The predicted octanol–water partition coefficient (Wildman–Crippen LogP) is 2.44. The fourth-order valence-electron chi connectivity index (χ4n) is 2.84. The minimum atomic E-state index is 0.124. The fraction of sp³-hybridized carbons (Fsp3) is 0.667. The number of nitrogens with one attached hydrogen (secondary N) is 1. The quantitative estimate of drug-likeness (QED) is 0.940. The van der Waals surface area contributed by atoms with Gasteiger partial charge in [-0.25, -0.2) is 9.97 Å². The van der Waals surface area contributed by atoms with Gasteiger partial charge in [0.2, 0.25) is 0 Å². The monoisotopic (exact) mass is 321 g/mol. The molecule has 6 nitrogen and oxygen atoms in total. The fourth-order valence-corrected chi connectivity index (χ4v) is 3.99. The Morgan fingerprint density at radius 2 is 2.27 bits per heavy atom. The second-order valence-corrected chi connectivity index (χ2v) is 7.79. The average molecular weight is 321 g/mol. The van der Waals surface area contributed by atoms with Crippen molar-refractivity contribution in [3.05, 3.63) is 27.7 Å². The maximum absolute atomic E-state index is 5.61. The van der Waals surface area contributed by atoms with Crippen LogP contribution in [0.2, 0.25) is 0 Å². The summed E-state index contributed by atoms with van der Waals surface area (Å²) in [7, 11) is 0. The summed E-state index contributed by atoms with van der Waals surface area (Å²) in [4.78, 5) is 12.8. The summed E-state index contributed by atoms with van der Waals surface area (Å²) < 4.78 is 5.61. The summed E-state index contributed by atoms with van der Waals surface area (Å²) in [5, 5.41) is 8.08. The second-order valence-electron chi connectivity index (χ2n) is 6.70. The highest BCUT2D eigenvalue weighted by molar-refractivity contribution is 7.11. The number of H-pyrrole nitrogens is 1. The molecule has 0 spiro atoms. The molecule has 0 amide bonds. The summed E-state index contributed by atoms with van der Waals surface area (Å²) in [5.41, 5.74) is 1.30. The van der Waals surface area contributed by atoms with Crippen LogP contribution in [0.15, 0.2) is 6.33 Å². The summed E-state index contributed by atoms with van der Waals surface area (Å²) in [6.07, 6.45) is 1.55. The zero-order valence-corrected chi connectivity index (χ0v) is 14.4. The van der Waals surface area contributed by atoms with Crippen LogP contribution in [0.4, 0.5) is 0 Å². The Bertz CT molecular complexity index is 616. The van der Waals surface area contributed by atoms with E-state index in [4.69, 9.17) is 9.72 Å². The van der Waals surface area contributed by atoms with E-state index in [1.807, 2.05) is 11.3 Å². The van der Waals surface area contributed by atoms with Crippen LogP contribution >= 0.6 is 11.3 Å². The third kappa shape index (κ3) is 3.21. The topological polar surface area (TPSA) is 66.9 Å². The van der Waals surface area contributed by atoms with Gasteiger partial charge in [0, 0.05) is 11.4 Å². The van der Waals surface area contributed by atoms with Gasteiger partial charge in [-0.1, -0.05) is 20.8 Å². The smallest absolute Gasteiger partial charge is 0.143 e. The van der Waals surface area contributed by atoms with Crippen LogP contribution in [0, 0.1) is 6.92 Å². The Morgan fingerprint density at radius 3 is 2.91 bits per heavy atom. The molecular weight excluding hydrogens is 298 g/mol. The molecule has 0 radical (unpaired) electrons. The van der Waals surface area contributed by atoms with Crippen LogP contribution < -0.4 is 0 Å². The van der Waals surface area contributed by atoms with Crippen molar-refractivity contribution in [2.75, 3.05) is 19.8 Å². The van der Waals surface area contributed by atoms with Gasteiger partial charge in [0.1, 0.15) is 17.2 Å². The lowest BCUT2D eigenvalue weighted by Gasteiger charge is -2.33. The summed E-state index contributed by atoms with van der Waals surface area (Å²) in [5.74, 6) is 0.865. The molecule has 0 bridgehead atoms. The van der Waals surface area contributed by atoms with Gasteiger partial charge < -0.3 is 4.74 Å². The first-order chi connectivity index (χ1) is 10.4. The van der Waals surface area contributed by atoms with Crippen molar-refractivity contribution >= 4 is 11.3 Å². The number of hydrogen-bond donors (Lipinski definition) is 1. The SMILES string of the molecule is Cc1nc(CN2CCOCC2c2ncn[nH]2)sc1C(C)(C)C. The van der Waals surface area contributed by atoms with Crippen LogP contribution in [0.5, 0.6) is 0 Å². The largest absolute Gasteiger partial charge is 0.378 e. The van der Waals surface area contributed by atoms with E-state index in [2.05, 4.69) is 47.8 Å². The highest BCUT2D eigenvalue weighted by atomic mass is 32.1. The van der Waals surface area contributed by atoms with Crippen LogP contribution in [0.3, 0.4) is 0 Å². The van der Waals surface area contributed by atoms with Crippen LogP contribution in [0.1, 0.15) is 48.2 Å². The van der Waals surface area contributed by atoms with Gasteiger partial charge in [-0.05, 0) is 12.3 Å². The molecule has 0 saturated carbocycles. The van der Waals surface area contributed by atoms with Crippen molar-refractivity contribution in [1.82, 2.24) is 25.1 Å². The first-order valence-electron chi connectivity index (χ1n) is 7.59. The van der Waals surface area contributed by atoms with Crippen LogP contribution in [-0.2, 0) is 16.7 Å². The Hall–Kier alpha value is -1.31. The van der Waals surface area contributed by atoms with Gasteiger partial charge in [-0.15, -0.1) is 11.3 Å². The predicted molar refractivity (Wildman–Crippen MR) is 85.9 cm³/mol. The van der Waals surface area contributed by atoms with E-state index in [-0.39, 0.29) is 11.5 Å². The van der Waals surface area contributed by atoms with E-state index < -0.39 is 0 Å². The maximum atomic E-state index is 5.61. The molecule has 7 heteroatoms. The molecule has 1 aliphatic heterocycles. The van der Waals surface area contributed by atoms with E-state index in [0.717, 1.165) is 36.2 Å². The van der Waals surface area contributed by atoms with Crippen molar-refractivity contribution in [3.8, 4) is 0 Å². The van der Waals surface area contributed by atoms with Gasteiger partial charge in [0.05, 0.1) is 31.5 Å². The summed E-state index contributed by atoms with van der Waals surface area (Å²) in [6.45, 7) is 11.9. The number of hydrogen-bond acceptors (Lipinski definition) is 6. The standard InChI is InChI=1S/C15H23N5OS/c1-10-13(15(2,3)4)22-12(18-10)7-20-5-6-21-8-11(20)14-16-9-17-19-14/h9,11H,5-8H2,1-4H3,(H,16,17,19). The second kappa shape index (κ2) is 6.06. The molecule has 1 fully saturated rings. The zero-order valence-electron chi connectivity index (χ0n) is 13.6. The number of nitrogens with zero attached hydrogens (tertiary/aromatic N) is 4. The van der Waals surface area contributed by atoms with Crippen molar-refractivity contribution in [2.24, 2.45) is 0 Å². The highest BCUT2D eigenvalue weighted by Crippen LogP contribution is 2.33. The lowest BCUT2D eigenvalue weighted by Crippen LogP contribution is -2.39. The van der Waals surface area contributed by atoms with Crippen LogP contribution in [0.25, 0.3) is 0 Å². The number of rotatable bonds is 3. The van der Waals surface area contributed by atoms with Gasteiger partial charge >= 0.3 is 0 Å². The lowest BCUT2D eigenvalue weighted by molar-refractivity contribution is -0.0158. The van der Waals surface area contributed by atoms with Gasteiger partial charge in [-0.2, -0.15) is 5.10 Å². The number of aromatic amines is 1. The number of morpholine rings is 1.